The molecule has 0 fully saturated rings. The Balaban J connectivity index is 2.67. The van der Waals surface area contributed by atoms with Gasteiger partial charge in [-0.1, -0.05) is 0 Å². The van der Waals surface area contributed by atoms with Crippen molar-refractivity contribution < 1.29 is 28.7 Å². The normalized spacial score (nSPS) is 10.4. The summed E-state index contributed by atoms with van der Waals surface area (Å²) >= 11 is 0. The molecule has 0 bridgehead atoms. The molecule has 1 heterocycles. The maximum Gasteiger partial charge on any atom is 0.355 e. The van der Waals surface area contributed by atoms with Crippen LogP contribution < -0.4 is 10.6 Å². The highest BCUT2D eigenvalue weighted by molar-refractivity contribution is 5.99. The molecule has 9 heteroatoms. The van der Waals surface area contributed by atoms with Crippen LogP contribution in [0.4, 0.5) is 0 Å². The van der Waals surface area contributed by atoms with E-state index in [1.165, 1.54) is 0 Å². The summed E-state index contributed by atoms with van der Waals surface area (Å²) in [4.78, 5) is 49.9. The molecule has 0 atom stereocenters. The van der Waals surface area contributed by atoms with E-state index in [1.807, 2.05) is 0 Å². The molecule has 0 spiro atoms. The fourth-order valence-electron chi connectivity index (χ4n) is 2.23. The number of hydrogen-bond donors (Lipinski definition) is 3. The van der Waals surface area contributed by atoms with Gasteiger partial charge in [-0.05, 0) is 40.2 Å². The molecule has 26 heavy (non-hydrogen) atoms. The van der Waals surface area contributed by atoms with Gasteiger partial charge in [0, 0.05) is 12.2 Å². The lowest BCUT2D eigenvalue weighted by Gasteiger charge is -2.08. The van der Waals surface area contributed by atoms with Crippen LogP contribution in [0, 0.1) is 13.8 Å². The Hall–Kier alpha value is -2.84. The Morgan fingerprint density at radius 1 is 1.04 bits per heavy atom. The van der Waals surface area contributed by atoms with E-state index in [4.69, 9.17) is 9.47 Å². The molecule has 0 aromatic carbocycles. The highest BCUT2D eigenvalue weighted by atomic mass is 16.5. The van der Waals surface area contributed by atoms with Crippen molar-refractivity contribution in [3.63, 3.8) is 0 Å². The largest absolute Gasteiger partial charge is 0.459 e. The smallest absolute Gasteiger partial charge is 0.355 e. The van der Waals surface area contributed by atoms with Gasteiger partial charge in [-0.3, -0.25) is 9.59 Å². The summed E-state index contributed by atoms with van der Waals surface area (Å²) in [5, 5.41) is 4.85. The van der Waals surface area contributed by atoms with Gasteiger partial charge in [0.1, 0.15) is 5.69 Å². The molecule has 0 saturated heterocycles. The van der Waals surface area contributed by atoms with Crippen molar-refractivity contribution in [2.24, 2.45) is 0 Å². The molecule has 0 unspecified atom stereocenters. The van der Waals surface area contributed by atoms with Crippen LogP contribution in [0.25, 0.3) is 0 Å². The average molecular weight is 367 g/mol. The highest BCUT2D eigenvalue weighted by Crippen LogP contribution is 2.20. The molecular weight excluding hydrogens is 342 g/mol. The van der Waals surface area contributed by atoms with Crippen molar-refractivity contribution in [3.8, 4) is 0 Å². The zero-order chi connectivity index (χ0) is 19.9. The van der Waals surface area contributed by atoms with Gasteiger partial charge in [-0.15, -0.1) is 0 Å². The number of amides is 2. The van der Waals surface area contributed by atoms with Gasteiger partial charge >= 0.3 is 11.9 Å². The van der Waals surface area contributed by atoms with Gasteiger partial charge in [-0.25, -0.2) is 9.59 Å². The van der Waals surface area contributed by atoms with Gasteiger partial charge < -0.3 is 25.1 Å². The third-order valence-corrected chi connectivity index (χ3v) is 3.34. The summed E-state index contributed by atoms with van der Waals surface area (Å²) in [5.41, 5.74) is 1.21. The number of aromatic nitrogens is 1. The SMILES string of the molecule is CCNC(=O)CNC(=O)COC(=O)c1[nH]c(C)c(C(=O)OC(C)C)c1C. The fourth-order valence-corrected chi connectivity index (χ4v) is 2.23. The van der Waals surface area contributed by atoms with Gasteiger partial charge in [0.2, 0.25) is 5.91 Å². The molecule has 0 aliphatic heterocycles. The van der Waals surface area contributed by atoms with Crippen LogP contribution in [0.3, 0.4) is 0 Å². The van der Waals surface area contributed by atoms with Crippen LogP contribution in [0.5, 0.6) is 0 Å². The lowest BCUT2D eigenvalue weighted by Crippen LogP contribution is -2.38. The van der Waals surface area contributed by atoms with Crippen molar-refractivity contribution in [2.75, 3.05) is 19.7 Å². The topological polar surface area (TPSA) is 127 Å². The first-order valence-electron chi connectivity index (χ1n) is 8.28. The maximum absolute atomic E-state index is 12.2. The van der Waals surface area contributed by atoms with E-state index < -0.39 is 24.5 Å². The third kappa shape index (κ3) is 5.91. The van der Waals surface area contributed by atoms with Crippen LogP contribution >= 0.6 is 0 Å². The van der Waals surface area contributed by atoms with Gasteiger partial charge in [0.05, 0.1) is 18.2 Å². The van der Waals surface area contributed by atoms with Gasteiger partial charge in [0.25, 0.3) is 5.91 Å². The van der Waals surface area contributed by atoms with E-state index in [-0.39, 0.29) is 29.8 Å². The van der Waals surface area contributed by atoms with E-state index in [1.54, 1.807) is 34.6 Å². The first-order valence-corrected chi connectivity index (χ1v) is 8.28. The highest BCUT2D eigenvalue weighted by Gasteiger charge is 2.24. The molecule has 0 radical (unpaired) electrons. The Morgan fingerprint density at radius 3 is 2.27 bits per heavy atom. The van der Waals surface area contributed by atoms with E-state index in [2.05, 4.69) is 15.6 Å². The summed E-state index contributed by atoms with van der Waals surface area (Å²) in [5.74, 6) is -2.26. The zero-order valence-corrected chi connectivity index (χ0v) is 15.6. The van der Waals surface area contributed by atoms with Crippen LogP contribution in [0.2, 0.25) is 0 Å². The monoisotopic (exact) mass is 367 g/mol. The minimum atomic E-state index is -0.776. The van der Waals surface area contributed by atoms with Crippen molar-refractivity contribution in [3.05, 3.63) is 22.5 Å². The molecule has 3 N–H and O–H groups in total. The minimum Gasteiger partial charge on any atom is -0.459 e. The molecule has 2 amide bonds. The summed E-state index contributed by atoms with van der Waals surface area (Å²) in [6.45, 7) is 8.15. The van der Waals surface area contributed by atoms with E-state index in [0.717, 1.165) is 0 Å². The number of ether oxygens (including phenoxy) is 2. The Bertz CT molecular complexity index is 693. The molecule has 0 saturated carbocycles. The Morgan fingerprint density at radius 2 is 1.69 bits per heavy atom. The number of hydrogen-bond acceptors (Lipinski definition) is 6. The molecular formula is C17H25N3O6. The van der Waals surface area contributed by atoms with Crippen LogP contribution in [-0.4, -0.2) is 54.5 Å². The number of H-pyrrole nitrogens is 1. The number of carbonyl (C=O) groups excluding carboxylic acids is 4. The summed E-state index contributed by atoms with van der Waals surface area (Å²) in [6, 6.07) is 0. The lowest BCUT2D eigenvalue weighted by atomic mass is 10.1. The van der Waals surface area contributed by atoms with Gasteiger partial charge in [-0.2, -0.15) is 0 Å². The number of likely N-dealkylation sites (N-methyl/N-ethyl adjacent to an activating group) is 1. The van der Waals surface area contributed by atoms with E-state index in [0.29, 0.717) is 17.8 Å². The van der Waals surface area contributed by atoms with Crippen molar-refractivity contribution in [1.82, 2.24) is 15.6 Å². The summed E-state index contributed by atoms with van der Waals surface area (Å²) in [7, 11) is 0. The van der Waals surface area contributed by atoms with Crippen molar-refractivity contribution in [2.45, 2.75) is 40.7 Å². The van der Waals surface area contributed by atoms with Gasteiger partial charge in [0.15, 0.2) is 6.61 Å². The third-order valence-electron chi connectivity index (χ3n) is 3.34. The predicted octanol–water partition coefficient (Wildman–Crippen LogP) is 0.606. The number of aryl methyl sites for hydroxylation is 1. The maximum atomic E-state index is 12.2. The second-order valence-electron chi connectivity index (χ2n) is 5.89. The van der Waals surface area contributed by atoms with Crippen molar-refractivity contribution in [1.29, 1.82) is 0 Å². The standard InChI is InChI=1S/C17H25N3O6/c1-6-18-12(21)7-19-13(22)8-25-17(24)15-10(4)14(11(5)20-15)16(23)26-9(2)3/h9,20H,6-8H2,1-5H3,(H,18,21)(H,19,22). The lowest BCUT2D eigenvalue weighted by molar-refractivity contribution is -0.127. The first kappa shape index (κ1) is 21.2. The van der Waals surface area contributed by atoms with E-state index >= 15 is 0 Å². The number of rotatable bonds is 8. The molecule has 0 aliphatic rings. The first-order chi connectivity index (χ1) is 12.2. The minimum absolute atomic E-state index is 0.0785. The fraction of sp³-hybridized carbons (Fsp3) is 0.529. The van der Waals surface area contributed by atoms with Crippen LogP contribution in [0.1, 0.15) is 52.9 Å². The molecule has 1 aromatic heterocycles. The molecule has 9 nitrogen and oxygen atoms in total. The second kappa shape index (κ2) is 9.59. The molecule has 144 valence electrons. The quantitative estimate of drug-likeness (QED) is 0.578. The molecule has 1 rings (SSSR count). The summed E-state index contributed by atoms with van der Waals surface area (Å²) in [6.07, 6.45) is -0.291. The molecule has 1 aromatic rings. The zero-order valence-electron chi connectivity index (χ0n) is 15.6. The van der Waals surface area contributed by atoms with E-state index in [9.17, 15) is 19.2 Å². The molecule has 0 aliphatic carbocycles. The Kier molecular flexibility index (Phi) is 7.82. The average Bonchev–Trinajstić information content (AvgIpc) is 2.85. The van der Waals surface area contributed by atoms with Crippen LogP contribution in [-0.2, 0) is 19.1 Å². The van der Waals surface area contributed by atoms with Crippen LogP contribution in [0.15, 0.2) is 0 Å². The second-order valence-corrected chi connectivity index (χ2v) is 5.89. The number of esters is 2. The number of aromatic amines is 1. The number of nitrogens with one attached hydrogen (secondary N) is 3. The van der Waals surface area contributed by atoms with Crippen molar-refractivity contribution >= 4 is 23.8 Å². The predicted molar refractivity (Wildman–Crippen MR) is 92.8 cm³/mol. The summed E-state index contributed by atoms with van der Waals surface area (Å²) < 4.78 is 10.1. The Labute approximate surface area is 151 Å². The number of carbonyl (C=O) groups is 4.